The van der Waals surface area contributed by atoms with Gasteiger partial charge in [-0.2, -0.15) is 0 Å². The molecule has 7 nitrogen and oxygen atoms in total. The minimum Gasteiger partial charge on any atom is -0.455 e. The summed E-state index contributed by atoms with van der Waals surface area (Å²) < 4.78 is 5.20. The van der Waals surface area contributed by atoms with Crippen LogP contribution in [0, 0.1) is 29.9 Å². The van der Waals surface area contributed by atoms with E-state index in [2.05, 4.69) is 5.32 Å². The zero-order valence-corrected chi connectivity index (χ0v) is 17.4. The first-order chi connectivity index (χ1) is 13.6. The van der Waals surface area contributed by atoms with E-state index in [0.717, 1.165) is 11.1 Å². The van der Waals surface area contributed by atoms with Crippen molar-refractivity contribution >= 4 is 34.9 Å². The second-order valence-electron chi connectivity index (χ2n) is 7.09. The lowest BCUT2D eigenvalue weighted by Crippen LogP contribution is -2.26. The van der Waals surface area contributed by atoms with E-state index in [4.69, 9.17) is 16.3 Å². The van der Waals surface area contributed by atoms with E-state index < -0.39 is 29.3 Å². The van der Waals surface area contributed by atoms with Crippen LogP contribution in [0.2, 0.25) is 5.02 Å². The third-order valence-corrected chi connectivity index (χ3v) is 4.92. The Kier molecular flexibility index (Phi) is 7.34. The predicted molar refractivity (Wildman–Crippen MR) is 111 cm³/mol. The number of carbonyl (C=O) groups is 2. The van der Waals surface area contributed by atoms with Crippen LogP contribution in [0.25, 0.3) is 0 Å². The second kappa shape index (κ2) is 9.52. The standard InChI is InChI=1S/C21H23ClN2O5/c1-12(2)19(15-6-8-16(22)9-7-15)21(26)29-11-18(25)23-20-14(4)13(3)5-10-17(20)24(27)28/h5-10,12,19H,11H2,1-4H3,(H,23,25)/t19-/m0/s1. The maximum atomic E-state index is 12.6. The minimum absolute atomic E-state index is 0.0631. The Labute approximate surface area is 174 Å². The molecule has 0 aliphatic rings. The summed E-state index contributed by atoms with van der Waals surface area (Å²) in [5, 5.41) is 14.3. The molecule has 0 heterocycles. The molecule has 0 aromatic heterocycles. The highest BCUT2D eigenvalue weighted by molar-refractivity contribution is 6.30. The third-order valence-electron chi connectivity index (χ3n) is 4.67. The Morgan fingerprint density at radius 1 is 1.14 bits per heavy atom. The average Bonchev–Trinajstić information content (AvgIpc) is 2.65. The first-order valence-electron chi connectivity index (χ1n) is 9.08. The number of hydrogen-bond acceptors (Lipinski definition) is 5. The number of nitrogens with zero attached hydrogens (tertiary/aromatic N) is 1. The highest BCUT2D eigenvalue weighted by Crippen LogP contribution is 2.30. The van der Waals surface area contributed by atoms with Gasteiger partial charge in [0.05, 0.1) is 10.8 Å². The Hall–Kier alpha value is -2.93. The lowest BCUT2D eigenvalue weighted by molar-refractivity contribution is -0.384. The smallest absolute Gasteiger partial charge is 0.314 e. The van der Waals surface area contributed by atoms with Crippen LogP contribution >= 0.6 is 11.6 Å². The molecule has 29 heavy (non-hydrogen) atoms. The van der Waals surface area contributed by atoms with Gasteiger partial charge in [-0.05, 0) is 48.6 Å². The van der Waals surface area contributed by atoms with Crippen molar-refractivity contribution in [1.82, 2.24) is 0 Å². The van der Waals surface area contributed by atoms with E-state index in [1.807, 2.05) is 13.8 Å². The van der Waals surface area contributed by atoms with Gasteiger partial charge in [-0.15, -0.1) is 0 Å². The fraction of sp³-hybridized carbons (Fsp3) is 0.333. The fourth-order valence-electron chi connectivity index (χ4n) is 2.98. The van der Waals surface area contributed by atoms with E-state index in [9.17, 15) is 19.7 Å². The van der Waals surface area contributed by atoms with E-state index in [1.165, 1.54) is 6.07 Å². The highest BCUT2D eigenvalue weighted by atomic mass is 35.5. The summed E-state index contributed by atoms with van der Waals surface area (Å²) in [4.78, 5) is 35.6. The average molecular weight is 419 g/mol. The van der Waals surface area contributed by atoms with Crippen molar-refractivity contribution in [2.45, 2.75) is 33.6 Å². The quantitative estimate of drug-likeness (QED) is 0.396. The molecule has 154 valence electrons. The van der Waals surface area contributed by atoms with Gasteiger partial charge in [0.25, 0.3) is 11.6 Å². The summed E-state index contributed by atoms with van der Waals surface area (Å²) in [6, 6.07) is 9.81. The van der Waals surface area contributed by atoms with Crippen LogP contribution in [0.4, 0.5) is 11.4 Å². The Bertz CT molecular complexity index is 925. The molecule has 2 rings (SSSR count). The van der Waals surface area contributed by atoms with Gasteiger partial charge in [0, 0.05) is 11.1 Å². The molecule has 0 unspecified atom stereocenters. The number of rotatable bonds is 7. The van der Waals surface area contributed by atoms with Crippen molar-refractivity contribution < 1.29 is 19.2 Å². The normalized spacial score (nSPS) is 11.8. The zero-order chi connectivity index (χ0) is 21.7. The summed E-state index contributed by atoms with van der Waals surface area (Å²) in [6.45, 7) is 6.67. The maximum absolute atomic E-state index is 12.6. The second-order valence-corrected chi connectivity index (χ2v) is 7.52. The molecule has 0 bridgehead atoms. The Morgan fingerprint density at radius 2 is 1.76 bits per heavy atom. The summed E-state index contributed by atoms with van der Waals surface area (Å²) >= 11 is 5.90. The first-order valence-corrected chi connectivity index (χ1v) is 9.46. The lowest BCUT2D eigenvalue weighted by Gasteiger charge is -2.20. The molecule has 1 atom stereocenters. The van der Waals surface area contributed by atoms with Gasteiger partial charge >= 0.3 is 5.97 Å². The van der Waals surface area contributed by atoms with Gasteiger partial charge in [0.2, 0.25) is 0 Å². The molecule has 0 radical (unpaired) electrons. The van der Waals surface area contributed by atoms with Gasteiger partial charge < -0.3 is 10.1 Å². The van der Waals surface area contributed by atoms with Gasteiger partial charge in [-0.25, -0.2) is 0 Å². The van der Waals surface area contributed by atoms with Gasteiger partial charge in [-0.3, -0.25) is 19.7 Å². The topological polar surface area (TPSA) is 98.5 Å². The Morgan fingerprint density at radius 3 is 2.31 bits per heavy atom. The van der Waals surface area contributed by atoms with Crippen LogP contribution in [-0.2, 0) is 14.3 Å². The molecular formula is C21H23ClN2O5. The number of aryl methyl sites for hydroxylation is 1. The predicted octanol–water partition coefficient (Wildman–Crippen LogP) is 4.79. The third kappa shape index (κ3) is 5.54. The molecule has 1 N–H and O–H groups in total. The molecule has 0 fully saturated rings. The molecule has 2 aromatic carbocycles. The van der Waals surface area contributed by atoms with Crippen molar-refractivity contribution in [1.29, 1.82) is 0 Å². The minimum atomic E-state index is -0.645. The maximum Gasteiger partial charge on any atom is 0.314 e. The van der Waals surface area contributed by atoms with Gasteiger partial charge in [0.1, 0.15) is 5.69 Å². The van der Waals surface area contributed by atoms with E-state index in [-0.39, 0.29) is 17.3 Å². The zero-order valence-electron chi connectivity index (χ0n) is 16.7. The van der Waals surface area contributed by atoms with Crippen LogP contribution in [0.15, 0.2) is 36.4 Å². The van der Waals surface area contributed by atoms with Crippen LogP contribution in [0.3, 0.4) is 0 Å². The highest BCUT2D eigenvalue weighted by Gasteiger charge is 2.27. The number of halogens is 1. The summed E-state index contributed by atoms with van der Waals surface area (Å²) in [7, 11) is 0. The van der Waals surface area contributed by atoms with Crippen molar-refractivity contribution in [3.63, 3.8) is 0 Å². The van der Waals surface area contributed by atoms with Crippen LogP contribution < -0.4 is 5.32 Å². The fourth-order valence-corrected chi connectivity index (χ4v) is 3.10. The largest absolute Gasteiger partial charge is 0.455 e. The molecule has 0 saturated carbocycles. The number of nitro benzene ring substituents is 1. The molecule has 2 aromatic rings. The number of anilines is 1. The molecule has 0 aliphatic heterocycles. The first kappa shape index (κ1) is 22.4. The van der Waals surface area contributed by atoms with Crippen LogP contribution in [0.5, 0.6) is 0 Å². The number of nitro groups is 1. The Balaban J connectivity index is 2.10. The van der Waals surface area contributed by atoms with Crippen molar-refractivity contribution in [3.8, 4) is 0 Å². The number of benzene rings is 2. The number of amides is 1. The van der Waals surface area contributed by atoms with Crippen LogP contribution in [0.1, 0.15) is 36.5 Å². The summed E-state index contributed by atoms with van der Waals surface area (Å²) in [6.07, 6.45) is 0. The number of carbonyl (C=O) groups excluding carboxylic acids is 2. The monoisotopic (exact) mass is 418 g/mol. The van der Waals surface area contributed by atoms with Gasteiger partial charge in [0.15, 0.2) is 6.61 Å². The van der Waals surface area contributed by atoms with E-state index in [0.29, 0.717) is 10.6 Å². The van der Waals surface area contributed by atoms with Crippen molar-refractivity contribution in [3.05, 3.63) is 68.2 Å². The molecule has 0 spiro atoms. The van der Waals surface area contributed by atoms with E-state index >= 15 is 0 Å². The van der Waals surface area contributed by atoms with E-state index in [1.54, 1.807) is 44.2 Å². The summed E-state index contributed by atoms with van der Waals surface area (Å²) in [5.41, 5.74) is 2.01. The number of esters is 1. The number of ether oxygens (including phenoxy) is 1. The molecule has 0 saturated heterocycles. The SMILES string of the molecule is Cc1ccc([N+](=O)[O-])c(NC(=O)COC(=O)[C@H](c2ccc(Cl)cc2)C(C)C)c1C. The lowest BCUT2D eigenvalue weighted by atomic mass is 9.88. The van der Waals surface area contributed by atoms with Gasteiger partial charge in [-0.1, -0.05) is 43.6 Å². The molecule has 0 aliphatic carbocycles. The van der Waals surface area contributed by atoms with Crippen LogP contribution in [-0.4, -0.2) is 23.4 Å². The van der Waals surface area contributed by atoms with Crippen molar-refractivity contribution in [2.75, 3.05) is 11.9 Å². The molecule has 8 heteroatoms. The number of nitrogens with one attached hydrogen (secondary N) is 1. The number of hydrogen-bond donors (Lipinski definition) is 1. The molecule has 1 amide bonds. The summed E-state index contributed by atoms with van der Waals surface area (Å²) in [5.74, 6) is -1.82. The molecular weight excluding hydrogens is 396 g/mol. The van der Waals surface area contributed by atoms with Crippen molar-refractivity contribution in [2.24, 2.45) is 5.92 Å².